The quantitative estimate of drug-likeness (QED) is 0.511. The summed E-state index contributed by atoms with van der Waals surface area (Å²) in [5.41, 5.74) is 3.26. The first-order chi connectivity index (χ1) is 16.1. The zero-order valence-electron chi connectivity index (χ0n) is 18.5. The Labute approximate surface area is 193 Å². The average Bonchev–Trinajstić information content (AvgIpc) is 3.14. The SMILES string of the molecule is O=C1OC2(CCN(C(=O)CCc3cccc(OCc4ccccc4)c3)CC2)c2ccccc21. The number of fused-ring (bicyclic) bond motifs is 2. The summed E-state index contributed by atoms with van der Waals surface area (Å²) < 4.78 is 11.7. The molecule has 5 nitrogen and oxygen atoms in total. The summed E-state index contributed by atoms with van der Waals surface area (Å²) in [6.45, 7) is 1.72. The molecule has 0 N–H and O–H groups in total. The van der Waals surface area contributed by atoms with Crippen molar-refractivity contribution in [2.45, 2.75) is 37.9 Å². The first-order valence-electron chi connectivity index (χ1n) is 11.5. The molecule has 0 unspecified atom stereocenters. The van der Waals surface area contributed by atoms with Crippen molar-refractivity contribution in [3.63, 3.8) is 0 Å². The number of carbonyl (C=O) groups is 2. The Morgan fingerprint density at radius 1 is 0.909 bits per heavy atom. The van der Waals surface area contributed by atoms with Gasteiger partial charge in [0.05, 0.1) is 5.56 Å². The Morgan fingerprint density at radius 2 is 1.64 bits per heavy atom. The minimum absolute atomic E-state index is 0.137. The van der Waals surface area contributed by atoms with Crippen LogP contribution in [0.5, 0.6) is 5.75 Å². The number of esters is 1. The molecule has 168 valence electrons. The number of hydrogen-bond acceptors (Lipinski definition) is 4. The molecule has 3 aromatic rings. The van der Waals surface area contributed by atoms with Crippen LogP contribution in [0, 0.1) is 0 Å². The summed E-state index contributed by atoms with van der Waals surface area (Å²) in [4.78, 5) is 27.0. The van der Waals surface area contributed by atoms with Crippen molar-refractivity contribution >= 4 is 11.9 Å². The fraction of sp³-hybridized carbons (Fsp3) is 0.286. The number of amides is 1. The molecule has 1 amide bonds. The maximum atomic E-state index is 12.9. The molecule has 2 heterocycles. The monoisotopic (exact) mass is 441 g/mol. The number of ether oxygens (including phenoxy) is 2. The summed E-state index contributed by atoms with van der Waals surface area (Å²) in [7, 11) is 0. The summed E-state index contributed by atoms with van der Waals surface area (Å²) in [6.07, 6.45) is 2.40. The van der Waals surface area contributed by atoms with Gasteiger partial charge >= 0.3 is 5.97 Å². The van der Waals surface area contributed by atoms with Crippen molar-refractivity contribution in [2.24, 2.45) is 0 Å². The van der Waals surface area contributed by atoms with Crippen molar-refractivity contribution in [3.8, 4) is 5.75 Å². The largest absolute Gasteiger partial charge is 0.489 e. The van der Waals surface area contributed by atoms with Crippen molar-refractivity contribution in [1.82, 2.24) is 4.90 Å². The van der Waals surface area contributed by atoms with Gasteiger partial charge in [0.2, 0.25) is 5.91 Å². The first-order valence-corrected chi connectivity index (χ1v) is 11.5. The second-order valence-electron chi connectivity index (χ2n) is 8.73. The van der Waals surface area contributed by atoms with E-state index in [2.05, 4.69) is 0 Å². The Morgan fingerprint density at radius 3 is 2.45 bits per heavy atom. The number of aryl methyl sites for hydroxylation is 1. The fourth-order valence-corrected chi connectivity index (χ4v) is 4.78. The molecular formula is C28H27NO4. The van der Waals surface area contributed by atoms with Gasteiger partial charge < -0.3 is 14.4 Å². The molecule has 0 saturated carbocycles. The second kappa shape index (κ2) is 9.10. The molecule has 0 aromatic heterocycles. The highest BCUT2D eigenvalue weighted by Gasteiger charge is 2.47. The van der Waals surface area contributed by atoms with E-state index in [9.17, 15) is 9.59 Å². The number of benzene rings is 3. The maximum Gasteiger partial charge on any atom is 0.339 e. The molecule has 0 radical (unpaired) electrons. The van der Waals surface area contributed by atoms with Crippen LogP contribution in [-0.4, -0.2) is 29.9 Å². The lowest BCUT2D eigenvalue weighted by Gasteiger charge is -2.38. The van der Waals surface area contributed by atoms with Crippen LogP contribution in [0.3, 0.4) is 0 Å². The minimum Gasteiger partial charge on any atom is -0.489 e. The maximum absolute atomic E-state index is 12.9. The zero-order valence-corrected chi connectivity index (χ0v) is 18.5. The normalized spacial score (nSPS) is 16.4. The van der Waals surface area contributed by atoms with Crippen molar-refractivity contribution in [3.05, 3.63) is 101 Å². The number of carbonyl (C=O) groups excluding carboxylic acids is 2. The predicted octanol–water partition coefficient (Wildman–Crippen LogP) is 4.89. The summed E-state index contributed by atoms with van der Waals surface area (Å²) in [5, 5.41) is 0. The smallest absolute Gasteiger partial charge is 0.339 e. The topological polar surface area (TPSA) is 55.8 Å². The van der Waals surface area contributed by atoms with Gasteiger partial charge in [-0.1, -0.05) is 60.7 Å². The lowest BCUT2D eigenvalue weighted by Crippen LogP contribution is -2.45. The second-order valence-corrected chi connectivity index (χ2v) is 8.73. The van der Waals surface area contributed by atoms with E-state index in [-0.39, 0.29) is 11.9 Å². The van der Waals surface area contributed by atoms with E-state index in [0.29, 0.717) is 50.9 Å². The Balaban J connectivity index is 1.14. The van der Waals surface area contributed by atoms with Crippen LogP contribution in [0.4, 0.5) is 0 Å². The van der Waals surface area contributed by atoms with Gasteiger partial charge in [0.15, 0.2) is 0 Å². The summed E-state index contributed by atoms with van der Waals surface area (Å²) in [6, 6.07) is 25.6. The van der Waals surface area contributed by atoms with E-state index in [4.69, 9.17) is 9.47 Å². The van der Waals surface area contributed by atoms with Gasteiger partial charge in [-0.05, 0) is 35.7 Å². The molecule has 1 saturated heterocycles. The molecule has 33 heavy (non-hydrogen) atoms. The Kier molecular flexibility index (Phi) is 5.86. The van der Waals surface area contributed by atoms with Gasteiger partial charge in [0.1, 0.15) is 18.0 Å². The minimum atomic E-state index is -0.575. The number of piperidine rings is 1. The fourth-order valence-electron chi connectivity index (χ4n) is 4.78. The van der Waals surface area contributed by atoms with Gasteiger partial charge in [-0.3, -0.25) is 4.79 Å². The highest BCUT2D eigenvalue weighted by molar-refractivity contribution is 5.94. The van der Waals surface area contributed by atoms with Gasteiger partial charge in [-0.25, -0.2) is 4.79 Å². The molecule has 1 spiro atoms. The molecule has 1 fully saturated rings. The van der Waals surface area contributed by atoms with E-state index in [0.717, 1.165) is 22.4 Å². The van der Waals surface area contributed by atoms with Crippen molar-refractivity contribution in [1.29, 1.82) is 0 Å². The van der Waals surface area contributed by atoms with Gasteiger partial charge in [0, 0.05) is 37.9 Å². The van der Waals surface area contributed by atoms with E-state index in [1.54, 1.807) is 0 Å². The standard InChI is InChI=1S/C28H27NO4/c30-26(14-13-21-9-6-10-23(19-21)32-20-22-7-2-1-3-8-22)29-17-15-28(16-18-29)25-12-5-4-11-24(25)27(31)33-28/h1-12,19H,13-18,20H2. The molecule has 0 aliphatic carbocycles. The number of rotatable bonds is 6. The third-order valence-corrected chi connectivity index (χ3v) is 6.62. The Hall–Kier alpha value is -3.60. The van der Waals surface area contributed by atoms with Crippen molar-refractivity contribution in [2.75, 3.05) is 13.1 Å². The third kappa shape index (κ3) is 4.49. The number of likely N-dealkylation sites (tertiary alicyclic amines) is 1. The number of nitrogens with zero attached hydrogens (tertiary/aromatic N) is 1. The van der Waals surface area contributed by atoms with Crippen molar-refractivity contribution < 1.29 is 19.1 Å². The van der Waals surface area contributed by atoms with Crippen LogP contribution < -0.4 is 4.74 Å². The van der Waals surface area contributed by atoms with Crippen LogP contribution >= 0.6 is 0 Å². The molecule has 0 atom stereocenters. The lowest BCUT2D eigenvalue weighted by molar-refractivity contribution is -0.135. The highest BCUT2D eigenvalue weighted by Crippen LogP contribution is 2.44. The third-order valence-electron chi connectivity index (χ3n) is 6.62. The van der Waals surface area contributed by atoms with Crippen LogP contribution in [-0.2, 0) is 28.2 Å². The van der Waals surface area contributed by atoms with Crippen LogP contribution in [0.2, 0.25) is 0 Å². The van der Waals surface area contributed by atoms with Gasteiger partial charge in [-0.2, -0.15) is 0 Å². The predicted molar refractivity (Wildman–Crippen MR) is 125 cm³/mol. The number of hydrogen-bond donors (Lipinski definition) is 0. The molecule has 2 aliphatic heterocycles. The molecular weight excluding hydrogens is 414 g/mol. The summed E-state index contributed by atoms with van der Waals surface area (Å²) in [5.74, 6) is 0.697. The average molecular weight is 442 g/mol. The van der Waals surface area contributed by atoms with Crippen LogP contribution in [0.1, 0.15) is 46.3 Å². The van der Waals surface area contributed by atoms with Gasteiger partial charge in [-0.15, -0.1) is 0 Å². The lowest BCUT2D eigenvalue weighted by atomic mass is 9.83. The van der Waals surface area contributed by atoms with Crippen LogP contribution in [0.15, 0.2) is 78.9 Å². The first kappa shape index (κ1) is 21.3. The van der Waals surface area contributed by atoms with Gasteiger partial charge in [0.25, 0.3) is 0 Å². The molecule has 0 bridgehead atoms. The molecule has 3 aromatic carbocycles. The van der Waals surface area contributed by atoms with E-state index in [1.165, 1.54) is 0 Å². The molecule has 5 heteroatoms. The highest BCUT2D eigenvalue weighted by atomic mass is 16.6. The van der Waals surface area contributed by atoms with Crippen LogP contribution in [0.25, 0.3) is 0 Å². The molecule has 5 rings (SSSR count). The summed E-state index contributed by atoms with van der Waals surface area (Å²) >= 11 is 0. The van der Waals surface area contributed by atoms with E-state index in [1.807, 2.05) is 83.8 Å². The zero-order chi connectivity index (χ0) is 22.7. The molecule has 2 aliphatic rings. The van der Waals surface area contributed by atoms with E-state index >= 15 is 0 Å². The Bertz CT molecular complexity index is 1150. The van der Waals surface area contributed by atoms with E-state index < -0.39 is 5.60 Å².